The first-order valence-corrected chi connectivity index (χ1v) is 9.48. The summed E-state index contributed by atoms with van der Waals surface area (Å²) in [4.78, 5) is 12.7. The molecule has 11 nitrogen and oxygen atoms in total. The number of phenolic OH excluding ortho intramolecular Hbond substituents is 7. The lowest BCUT2D eigenvalue weighted by Crippen LogP contribution is -2.44. The van der Waals surface area contributed by atoms with Gasteiger partial charge >= 0.3 is 5.97 Å². The maximum atomic E-state index is 12.7. The number of rotatable bonds is 4. The summed E-state index contributed by atoms with van der Waals surface area (Å²) in [6.45, 7) is 0. The third-order valence-corrected chi connectivity index (χ3v) is 4.89. The van der Waals surface area contributed by atoms with Crippen molar-refractivity contribution in [1.29, 1.82) is 0 Å². The standard InChI is InChI=1S/C22H18O11/c23-10-5-14(25)12-8-19(32-21(30)9-3-16(27)20(29)17(28)4-9)22(33-18(12)6-10)31-11-1-2-13(24)15(26)7-11/h1-7,19,22-29H,8H2/t19-,22+/m1/s1. The molecule has 0 bridgehead atoms. The van der Waals surface area contributed by atoms with Gasteiger partial charge in [-0.05, 0) is 24.3 Å². The molecule has 3 aromatic rings. The highest BCUT2D eigenvalue weighted by Gasteiger charge is 2.37. The van der Waals surface area contributed by atoms with Gasteiger partial charge in [0.2, 0.25) is 0 Å². The van der Waals surface area contributed by atoms with E-state index >= 15 is 0 Å². The van der Waals surface area contributed by atoms with E-state index in [-0.39, 0.29) is 46.3 Å². The number of carbonyl (C=O) groups excluding carboxylic acids is 1. The maximum absolute atomic E-state index is 12.7. The van der Waals surface area contributed by atoms with E-state index in [0.717, 1.165) is 24.3 Å². The number of hydrogen-bond donors (Lipinski definition) is 7. The van der Waals surface area contributed by atoms with Crippen molar-refractivity contribution in [3.05, 3.63) is 53.6 Å². The van der Waals surface area contributed by atoms with Crippen LogP contribution in [0.2, 0.25) is 0 Å². The van der Waals surface area contributed by atoms with Crippen LogP contribution in [-0.4, -0.2) is 54.1 Å². The zero-order valence-corrected chi connectivity index (χ0v) is 16.7. The van der Waals surface area contributed by atoms with Crippen LogP contribution in [0.5, 0.6) is 51.7 Å². The Kier molecular flexibility index (Phi) is 5.30. The summed E-state index contributed by atoms with van der Waals surface area (Å²) >= 11 is 0. The van der Waals surface area contributed by atoms with E-state index in [2.05, 4.69) is 0 Å². The summed E-state index contributed by atoms with van der Waals surface area (Å²) in [6, 6.07) is 7.68. The fourth-order valence-electron chi connectivity index (χ4n) is 3.26. The summed E-state index contributed by atoms with van der Waals surface area (Å²) in [7, 11) is 0. The second-order valence-electron chi connectivity index (χ2n) is 7.21. The Balaban J connectivity index is 1.65. The smallest absolute Gasteiger partial charge is 0.338 e. The van der Waals surface area contributed by atoms with Gasteiger partial charge in [0.25, 0.3) is 6.29 Å². The molecule has 0 aliphatic carbocycles. The van der Waals surface area contributed by atoms with Crippen LogP contribution in [0.1, 0.15) is 15.9 Å². The first-order chi connectivity index (χ1) is 15.6. The topological polar surface area (TPSA) is 186 Å². The molecule has 0 spiro atoms. The van der Waals surface area contributed by atoms with E-state index < -0.39 is 41.4 Å². The van der Waals surface area contributed by atoms with Crippen molar-refractivity contribution in [2.75, 3.05) is 0 Å². The SMILES string of the molecule is O=C(O[C@@H]1Cc2c(O)cc(O)cc2O[C@@H]1Oc1ccc(O)c(O)c1)c1cc(O)c(O)c(O)c1. The molecule has 7 N–H and O–H groups in total. The van der Waals surface area contributed by atoms with E-state index in [1.807, 2.05) is 0 Å². The molecule has 0 unspecified atom stereocenters. The van der Waals surface area contributed by atoms with Crippen molar-refractivity contribution < 1.29 is 54.8 Å². The van der Waals surface area contributed by atoms with Crippen molar-refractivity contribution in [2.24, 2.45) is 0 Å². The van der Waals surface area contributed by atoms with Crippen LogP contribution in [0, 0.1) is 0 Å². The minimum absolute atomic E-state index is 0.0455. The predicted molar refractivity (Wildman–Crippen MR) is 109 cm³/mol. The van der Waals surface area contributed by atoms with Gasteiger partial charge in [0.05, 0.1) is 5.56 Å². The number of aromatic hydroxyl groups is 7. The average molecular weight is 458 g/mol. The van der Waals surface area contributed by atoms with Crippen LogP contribution >= 0.6 is 0 Å². The minimum atomic E-state index is -1.33. The fourth-order valence-corrected chi connectivity index (χ4v) is 3.26. The van der Waals surface area contributed by atoms with E-state index in [1.54, 1.807) is 0 Å². The van der Waals surface area contributed by atoms with Gasteiger partial charge < -0.3 is 50.0 Å². The molecule has 1 aliphatic heterocycles. The molecular formula is C22H18O11. The largest absolute Gasteiger partial charge is 0.508 e. The molecule has 4 rings (SSSR count). The van der Waals surface area contributed by atoms with Gasteiger partial charge in [-0.15, -0.1) is 0 Å². The number of fused-ring (bicyclic) bond motifs is 1. The summed E-state index contributed by atoms with van der Waals surface area (Å²) < 4.78 is 16.8. The first kappa shape index (κ1) is 21.6. The molecule has 1 aliphatic rings. The second-order valence-corrected chi connectivity index (χ2v) is 7.21. The Bertz CT molecular complexity index is 1210. The third kappa shape index (κ3) is 4.24. The molecule has 0 radical (unpaired) electrons. The van der Waals surface area contributed by atoms with Gasteiger partial charge in [-0.2, -0.15) is 0 Å². The predicted octanol–water partition coefficient (Wildman–Crippen LogP) is 2.19. The number of hydrogen-bond acceptors (Lipinski definition) is 11. The highest BCUT2D eigenvalue weighted by molar-refractivity contribution is 5.91. The molecular weight excluding hydrogens is 440 g/mol. The van der Waals surface area contributed by atoms with E-state index in [0.29, 0.717) is 0 Å². The van der Waals surface area contributed by atoms with Gasteiger partial charge in [-0.3, -0.25) is 0 Å². The zero-order valence-electron chi connectivity index (χ0n) is 16.7. The number of phenols is 7. The molecule has 0 saturated heterocycles. The number of esters is 1. The zero-order chi connectivity index (χ0) is 23.9. The summed E-state index contributed by atoms with van der Waals surface area (Å²) in [6.07, 6.45) is -2.63. The lowest BCUT2D eigenvalue weighted by Gasteiger charge is -2.33. The van der Waals surface area contributed by atoms with E-state index in [9.17, 15) is 40.5 Å². The number of carbonyl (C=O) groups is 1. The van der Waals surface area contributed by atoms with Gasteiger partial charge in [0.1, 0.15) is 23.0 Å². The molecule has 0 aromatic heterocycles. The summed E-state index contributed by atoms with van der Waals surface area (Å²) in [5.41, 5.74) is -0.0695. The second kappa shape index (κ2) is 8.11. The lowest BCUT2D eigenvalue weighted by atomic mass is 10.0. The lowest BCUT2D eigenvalue weighted by molar-refractivity contribution is -0.103. The van der Waals surface area contributed by atoms with Crippen molar-refractivity contribution in [1.82, 2.24) is 0 Å². The average Bonchev–Trinajstić information content (AvgIpc) is 2.75. The summed E-state index contributed by atoms with van der Waals surface area (Å²) in [5.74, 6) is -4.65. The fraction of sp³-hybridized carbons (Fsp3) is 0.136. The molecule has 172 valence electrons. The third-order valence-electron chi connectivity index (χ3n) is 4.89. The maximum Gasteiger partial charge on any atom is 0.338 e. The van der Waals surface area contributed by atoms with Crippen molar-refractivity contribution in [3.63, 3.8) is 0 Å². The van der Waals surface area contributed by atoms with E-state index in [1.165, 1.54) is 18.2 Å². The van der Waals surface area contributed by atoms with Crippen LogP contribution in [0.25, 0.3) is 0 Å². The normalized spacial score (nSPS) is 17.0. The van der Waals surface area contributed by atoms with E-state index in [4.69, 9.17) is 14.2 Å². The van der Waals surface area contributed by atoms with Gasteiger partial charge in [0, 0.05) is 30.2 Å². The molecule has 3 aromatic carbocycles. The van der Waals surface area contributed by atoms with Crippen molar-refractivity contribution in [3.8, 4) is 51.7 Å². The van der Waals surface area contributed by atoms with Gasteiger partial charge in [-0.1, -0.05) is 0 Å². The molecule has 0 saturated carbocycles. The minimum Gasteiger partial charge on any atom is -0.508 e. The Hall–Kier alpha value is -4.67. The van der Waals surface area contributed by atoms with Gasteiger partial charge in [0.15, 0.2) is 34.9 Å². The molecule has 33 heavy (non-hydrogen) atoms. The summed E-state index contributed by atoms with van der Waals surface area (Å²) in [5, 5.41) is 67.9. The van der Waals surface area contributed by atoms with Gasteiger partial charge in [-0.25, -0.2) is 4.79 Å². The Morgan fingerprint density at radius 2 is 1.52 bits per heavy atom. The molecule has 1 heterocycles. The highest BCUT2D eigenvalue weighted by atomic mass is 16.7. The Morgan fingerprint density at radius 3 is 2.18 bits per heavy atom. The monoisotopic (exact) mass is 458 g/mol. The van der Waals surface area contributed by atoms with Crippen molar-refractivity contribution in [2.45, 2.75) is 18.8 Å². The number of benzene rings is 3. The van der Waals surface area contributed by atoms with Crippen LogP contribution in [0.3, 0.4) is 0 Å². The highest BCUT2D eigenvalue weighted by Crippen LogP contribution is 2.40. The first-order valence-electron chi connectivity index (χ1n) is 9.48. The molecule has 2 atom stereocenters. The molecule has 0 fully saturated rings. The molecule has 0 amide bonds. The van der Waals surface area contributed by atoms with Crippen LogP contribution in [0.4, 0.5) is 0 Å². The Labute approximate surface area is 185 Å². The van der Waals surface area contributed by atoms with Crippen LogP contribution in [-0.2, 0) is 11.2 Å². The molecule has 11 heteroatoms. The Morgan fingerprint density at radius 1 is 0.818 bits per heavy atom. The van der Waals surface area contributed by atoms with Crippen LogP contribution in [0.15, 0.2) is 42.5 Å². The van der Waals surface area contributed by atoms with Crippen LogP contribution < -0.4 is 9.47 Å². The number of ether oxygens (including phenoxy) is 3. The van der Waals surface area contributed by atoms with Crippen molar-refractivity contribution >= 4 is 5.97 Å². The quantitative estimate of drug-likeness (QED) is 0.224.